The van der Waals surface area contributed by atoms with Gasteiger partial charge in [-0.2, -0.15) is 0 Å². The molecule has 0 spiro atoms. The van der Waals surface area contributed by atoms with Crippen LogP contribution in [-0.2, 0) is 20.9 Å². The van der Waals surface area contributed by atoms with Gasteiger partial charge >= 0.3 is 0 Å². The molecule has 0 atom stereocenters. The third-order valence-electron chi connectivity index (χ3n) is 5.73. The zero-order chi connectivity index (χ0) is 25.6. The molecule has 2 aliphatic heterocycles. The number of hydrogen-bond donors (Lipinski definition) is 0. The Bertz CT molecular complexity index is 1320. The molecule has 0 unspecified atom stereocenters. The van der Waals surface area contributed by atoms with Crippen LogP contribution in [0.3, 0.4) is 0 Å². The monoisotopic (exact) mass is 581 g/mol. The largest absolute Gasteiger partial charge is 0.483 e. The summed E-state index contributed by atoms with van der Waals surface area (Å²) in [6.45, 7) is 2.49. The number of benzene rings is 2. The van der Waals surface area contributed by atoms with Crippen LogP contribution in [-0.4, -0.2) is 59.7 Å². The lowest BCUT2D eigenvalue weighted by molar-refractivity contribution is -0.137. The van der Waals surface area contributed by atoms with Crippen LogP contribution in [0, 0.1) is 0 Å². The van der Waals surface area contributed by atoms with Crippen molar-refractivity contribution < 1.29 is 23.5 Å². The van der Waals surface area contributed by atoms with Crippen LogP contribution in [0.4, 0.5) is 5.69 Å². The van der Waals surface area contributed by atoms with Gasteiger partial charge in [0.25, 0.3) is 11.8 Å². The number of aliphatic imine (C=N–C) groups is 1. The van der Waals surface area contributed by atoms with Crippen molar-refractivity contribution in [2.75, 3.05) is 32.9 Å². The van der Waals surface area contributed by atoms with Gasteiger partial charge < -0.3 is 18.8 Å². The number of nitrogens with zero attached hydrogens (tertiary/aromatic N) is 3. The van der Waals surface area contributed by atoms with Crippen LogP contribution in [0.1, 0.15) is 11.3 Å². The van der Waals surface area contributed by atoms with E-state index in [9.17, 15) is 9.59 Å². The first-order valence-corrected chi connectivity index (χ1v) is 13.3. The molecular weight excluding hydrogens is 558 g/mol. The van der Waals surface area contributed by atoms with Gasteiger partial charge in [-0.3, -0.25) is 14.5 Å². The molecule has 8 nitrogen and oxygen atoms in total. The van der Waals surface area contributed by atoms with Gasteiger partial charge in [-0.15, -0.1) is 0 Å². The molecule has 0 saturated carbocycles. The Morgan fingerprint density at radius 1 is 1.11 bits per heavy atom. The SMILES string of the molecule is O=C(COc1ccc(/C=C2\SC(=Nc3ccccc3)N(Cc3ccco3)C2=O)cc1Br)N1CCOCC1. The van der Waals surface area contributed by atoms with Crippen molar-refractivity contribution >= 4 is 56.4 Å². The van der Waals surface area contributed by atoms with Gasteiger partial charge in [-0.05, 0) is 75.7 Å². The second-order valence-corrected chi connectivity index (χ2v) is 10.1. The molecule has 1 aromatic heterocycles. The molecule has 3 heterocycles. The van der Waals surface area contributed by atoms with E-state index in [0.29, 0.717) is 52.4 Å². The van der Waals surface area contributed by atoms with Gasteiger partial charge in [0.1, 0.15) is 11.5 Å². The van der Waals surface area contributed by atoms with Crippen molar-refractivity contribution in [3.63, 3.8) is 0 Å². The quantitative estimate of drug-likeness (QED) is 0.362. The number of para-hydroxylation sites is 1. The summed E-state index contributed by atoms with van der Waals surface area (Å²) in [6.07, 6.45) is 3.41. The van der Waals surface area contributed by atoms with E-state index < -0.39 is 0 Å². The number of rotatable bonds is 7. The number of amidine groups is 1. The molecule has 10 heteroatoms. The maximum Gasteiger partial charge on any atom is 0.267 e. The van der Waals surface area contributed by atoms with Crippen molar-refractivity contribution in [2.45, 2.75) is 6.54 Å². The Morgan fingerprint density at radius 2 is 1.92 bits per heavy atom. The number of carbonyl (C=O) groups excluding carboxylic acids is 2. The molecule has 0 bridgehead atoms. The van der Waals surface area contributed by atoms with E-state index in [2.05, 4.69) is 15.9 Å². The molecule has 2 aliphatic rings. The lowest BCUT2D eigenvalue weighted by Gasteiger charge is -2.26. The third-order valence-corrected chi connectivity index (χ3v) is 7.36. The maximum absolute atomic E-state index is 13.3. The van der Waals surface area contributed by atoms with E-state index in [4.69, 9.17) is 18.9 Å². The van der Waals surface area contributed by atoms with Crippen molar-refractivity contribution in [3.05, 3.63) is 87.6 Å². The molecule has 37 heavy (non-hydrogen) atoms. The van der Waals surface area contributed by atoms with Crippen molar-refractivity contribution in [2.24, 2.45) is 4.99 Å². The molecule has 0 radical (unpaired) electrons. The molecule has 0 N–H and O–H groups in total. The van der Waals surface area contributed by atoms with Crippen molar-refractivity contribution in [1.82, 2.24) is 9.80 Å². The zero-order valence-electron chi connectivity index (χ0n) is 19.8. The summed E-state index contributed by atoms with van der Waals surface area (Å²) in [6, 6.07) is 18.6. The lowest BCUT2D eigenvalue weighted by Crippen LogP contribution is -2.43. The highest BCUT2D eigenvalue weighted by atomic mass is 79.9. The Morgan fingerprint density at radius 3 is 2.65 bits per heavy atom. The van der Waals surface area contributed by atoms with Crippen molar-refractivity contribution in [3.8, 4) is 5.75 Å². The fourth-order valence-electron chi connectivity index (χ4n) is 3.82. The summed E-state index contributed by atoms with van der Waals surface area (Å²) in [5.74, 6) is 1.01. The first-order valence-electron chi connectivity index (χ1n) is 11.7. The molecule has 190 valence electrons. The van der Waals surface area contributed by atoms with E-state index in [-0.39, 0.29) is 25.0 Å². The molecular formula is C27H24BrN3O5S. The summed E-state index contributed by atoms with van der Waals surface area (Å²) < 4.78 is 17.2. The Balaban J connectivity index is 1.32. The summed E-state index contributed by atoms with van der Waals surface area (Å²) in [5.41, 5.74) is 1.58. The number of halogens is 1. The Hall–Kier alpha value is -3.34. The highest BCUT2D eigenvalue weighted by Gasteiger charge is 2.34. The minimum atomic E-state index is -0.149. The topological polar surface area (TPSA) is 84.6 Å². The molecule has 2 amide bonds. The normalized spacial score (nSPS) is 18.1. The number of amides is 2. The van der Waals surface area contributed by atoms with Gasteiger partial charge in [0.15, 0.2) is 11.8 Å². The second-order valence-electron chi connectivity index (χ2n) is 8.28. The van der Waals surface area contributed by atoms with E-state index in [0.717, 1.165) is 11.3 Å². The number of hydrogen-bond acceptors (Lipinski definition) is 7. The minimum absolute atomic E-state index is 0.0472. The van der Waals surface area contributed by atoms with Crippen LogP contribution in [0.5, 0.6) is 5.75 Å². The van der Waals surface area contributed by atoms with E-state index >= 15 is 0 Å². The lowest BCUT2D eigenvalue weighted by atomic mass is 10.2. The fraction of sp³-hybridized carbons (Fsp3) is 0.222. The molecule has 3 aromatic rings. The molecule has 0 aliphatic carbocycles. The first kappa shape index (κ1) is 25.3. The van der Waals surface area contributed by atoms with Crippen LogP contribution in [0.25, 0.3) is 6.08 Å². The van der Waals surface area contributed by atoms with Crippen LogP contribution >= 0.6 is 27.7 Å². The summed E-state index contributed by atoms with van der Waals surface area (Å²) >= 11 is 4.85. The fourth-order valence-corrected chi connectivity index (χ4v) is 5.33. The van der Waals surface area contributed by atoms with E-state index in [1.165, 1.54) is 11.8 Å². The summed E-state index contributed by atoms with van der Waals surface area (Å²) in [4.78, 5) is 34.3. The third kappa shape index (κ3) is 6.33. The highest BCUT2D eigenvalue weighted by Crippen LogP contribution is 2.36. The first-order chi connectivity index (χ1) is 18.1. The number of morpholine rings is 1. The zero-order valence-corrected chi connectivity index (χ0v) is 22.2. The van der Waals surface area contributed by atoms with Gasteiger partial charge in [0.2, 0.25) is 0 Å². The Labute approximate surface area is 227 Å². The van der Waals surface area contributed by atoms with Gasteiger partial charge in [-0.1, -0.05) is 24.3 Å². The van der Waals surface area contributed by atoms with E-state index in [1.54, 1.807) is 28.2 Å². The standard InChI is InChI=1S/C27H24BrN3O5S/c28-22-15-19(8-9-23(22)36-18-25(32)30-10-13-34-14-11-30)16-24-26(33)31(17-21-7-4-12-35-21)27(37-24)29-20-5-2-1-3-6-20/h1-9,12,15-16H,10-11,13-14,17-18H2/b24-16-,29-27?. The van der Waals surface area contributed by atoms with Crippen LogP contribution < -0.4 is 4.74 Å². The summed E-state index contributed by atoms with van der Waals surface area (Å²) in [5, 5.41) is 0.583. The van der Waals surface area contributed by atoms with Crippen LogP contribution in [0.15, 0.2) is 85.7 Å². The molecule has 2 saturated heterocycles. The van der Waals surface area contributed by atoms with Crippen LogP contribution in [0.2, 0.25) is 0 Å². The summed E-state index contributed by atoms with van der Waals surface area (Å²) in [7, 11) is 0. The van der Waals surface area contributed by atoms with Gasteiger partial charge in [0, 0.05) is 13.1 Å². The highest BCUT2D eigenvalue weighted by molar-refractivity contribution is 9.10. The number of ether oxygens (including phenoxy) is 2. The second kappa shape index (κ2) is 11.8. The maximum atomic E-state index is 13.3. The number of thioether (sulfide) groups is 1. The average molecular weight is 582 g/mol. The van der Waals surface area contributed by atoms with Gasteiger partial charge in [0.05, 0.1) is 41.1 Å². The van der Waals surface area contributed by atoms with Gasteiger partial charge in [-0.25, -0.2) is 4.99 Å². The molecule has 5 rings (SSSR count). The predicted molar refractivity (Wildman–Crippen MR) is 145 cm³/mol. The number of furan rings is 1. The van der Waals surface area contributed by atoms with E-state index in [1.807, 2.05) is 54.6 Å². The Kier molecular flexibility index (Phi) is 8.08. The predicted octanol–water partition coefficient (Wildman–Crippen LogP) is 5.08. The molecule has 2 fully saturated rings. The minimum Gasteiger partial charge on any atom is -0.483 e. The number of carbonyl (C=O) groups is 2. The molecule has 2 aromatic carbocycles. The average Bonchev–Trinajstić information content (AvgIpc) is 3.53. The van der Waals surface area contributed by atoms with Crippen molar-refractivity contribution in [1.29, 1.82) is 0 Å². The smallest absolute Gasteiger partial charge is 0.267 e.